The molecule has 60 valence electrons. The van der Waals surface area contributed by atoms with Crippen molar-refractivity contribution in [3.8, 4) is 0 Å². The molecule has 0 bridgehead atoms. The highest BCUT2D eigenvalue weighted by Crippen LogP contribution is 2.36. The molecule has 1 aliphatic rings. The van der Waals surface area contributed by atoms with E-state index in [0.29, 0.717) is 12.8 Å². The third kappa shape index (κ3) is 1.89. The van der Waals surface area contributed by atoms with Crippen LogP contribution in [0.1, 0.15) is 25.7 Å². The van der Waals surface area contributed by atoms with E-state index in [1.54, 1.807) is 0 Å². The predicted molar refractivity (Wildman–Crippen MR) is 32.9 cm³/mol. The van der Waals surface area contributed by atoms with Gasteiger partial charge >= 0.3 is 0 Å². The molecule has 1 unspecified atom stereocenters. The second-order valence-corrected chi connectivity index (χ2v) is 2.97. The zero-order chi connectivity index (χ0) is 7.61. The molecule has 1 saturated carbocycles. The fourth-order valence-corrected chi connectivity index (χ4v) is 1.41. The number of halogens is 3. The lowest BCUT2D eigenvalue weighted by molar-refractivity contribution is -0.0555. The van der Waals surface area contributed by atoms with Gasteiger partial charge in [0.05, 0.1) is 6.67 Å². The molecule has 0 aromatic rings. The van der Waals surface area contributed by atoms with E-state index in [2.05, 4.69) is 0 Å². The first-order valence-corrected chi connectivity index (χ1v) is 3.58. The maximum absolute atomic E-state index is 12.5. The van der Waals surface area contributed by atoms with Crippen LogP contribution in [-0.2, 0) is 0 Å². The van der Waals surface area contributed by atoms with Crippen LogP contribution >= 0.6 is 0 Å². The van der Waals surface area contributed by atoms with Gasteiger partial charge in [0.1, 0.15) is 0 Å². The first kappa shape index (κ1) is 7.89. The summed E-state index contributed by atoms with van der Waals surface area (Å²) in [6.45, 7) is -0.588. The summed E-state index contributed by atoms with van der Waals surface area (Å²) in [6, 6.07) is 0. The van der Waals surface area contributed by atoms with E-state index in [0.717, 1.165) is 0 Å². The van der Waals surface area contributed by atoms with E-state index in [4.69, 9.17) is 0 Å². The summed E-state index contributed by atoms with van der Waals surface area (Å²) >= 11 is 0. The molecule has 10 heavy (non-hydrogen) atoms. The summed E-state index contributed by atoms with van der Waals surface area (Å²) < 4.78 is 36.8. The third-order valence-corrected chi connectivity index (χ3v) is 1.96. The van der Waals surface area contributed by atoms with Crippen LogP contribution in [0.2, 0.25) is 0 Å². The molecule has 1 fully saturated rings. The fourth-order valence-electron chi connectivity index (χ4n) is 1.41. The maximum Gasteiger partial charge on any atom is 0.248 e. The van der Waals surface area contributed by atoms with Gasteiger partial charge in [0.15, 0.2) is 0 Å². The average Bonchev–Trinajstić information content (AvgIpc) is 1.86. The molecule has 1 atom stereocenters. The number of hydrogen-bond donors (Lipinski definition) is 0. The zero-order valence-electron chi connectivity index (χ0n) is 5.75. The summed E-state index contributed by atoms with van der Waals surface area (Å²) in [7, 11) is 0. The first-order valence-electron chi connectivity index (χ1n) is 3.58. The fraction of sp³-hybridized carbons (Fsp3) is 1.00. The summed E-state index contributed by atoms with van der Waals surface area (Å²) in [5, 5.41) is 0. The van der Waals surface area contributed by atoms with Crippen molar-refractivity contribution in [2.24, 2.45) is 5.92 Å². The minimum absolute atomic E-state index is 0.0521. The van der Waals surface area contributed by atoms with Crippen molar-refractivity contribution in [2.45, 2.75) is 31.6 Å². The standard InChI is InChI=1S/C7H11F3/c8-5-6-2-1-3-7(9,10)4-6/h6H,1-5H2. The molecule has 0 aromatic carbocycles. The lowest BCUT2D eigenvalue weighted by Gasteiger charge is -2.26. The van der Waals surface area contributed by atoms with Gasteiger partial charge in [-0.05, 0) is 18.8 Å². The van der Waals surface area contributed by atoms with Crippen LogP contribution in [0.3, 0.4) is 0 Å². The number of rotatable bonds is 1. The quantitative estimate of drug-likeness (QED) is 0.542. The molecule has 0 N–H and O–H groups in total. The predicted octanol–water partition coefficient (Wildman–Crippen LogP) is 2.78. The lowest BCUT2D eigenvalue weighted by Crippen LogP contribution is -2.26. The molecule has 1 aliphatic carbocycles. The number of hydrogen-bond acceptors (Lipinski definition) is 0. The molecule has 0 heterocycles. The highest BCUT2D eigenvalue weighted by molar-refractivity contribution is 4.77. The molecule has 0 aromatic heterocycles. The monoisotopic (exact) mass is 152 g/mol. The first-order chi connectivity index (χ1) is 4.64. The van der Waals surface area contributed by atoms with Crippen molar-refractivity contribution < 1.29 is 13.2 Å². The summed E-state index contributed by atoms with van der Waals surface area (Å²) in [5.41, 5.74) is 0. The Morgan fingerprint density at radius 1 is 1.40 bits per heavy atom. The second-order valence-electron chi connectivity index (χ2n) is 2.97. The molecule has 0 spiro atoms. The minimum atomic E-state index is -2.59. The van der Waals surface area contributed by atoms with E-state index in [-0.39, 0.29) is 18.8 Å². The van der Waals surface area contributed by atoms with E-state index >= 15 is 0 Å². The molecular weight excluding hydrogens is 141 g/mol. The van der Waals surface area contributed by atoms with Crippen molar-refractivity contribution in [3.05, 3.63) is 0 Å². The molecule has 0 radical (unpaired) electrons. The van der Waals surface area contributed by atoms with Gasteiger partial charge in [0.25, 0.3) is 0 Å². The van der Waals surface area contributed by atoms with E-state index < -0.39 is 12.6 Å². The smallest absolute Gasteiger partial charge is 0.248 e. The Bertz CT molecular complexity index is 111. The van der Waals surface area contributed by atoms with Gasteiger partial charge in [0.2, 0.25) is 5.92 Å². The van der Waals surface area contributed by atoms with Crippen LogP contribution < -0.4 is 0 Å². The van der Waals surface area contributed by atoms with Crippen molar-refractivity contribution in [3.63, 3.8) is 0 Å². The van der Waals surface area contributed by atoms with Crippen molar-refractivity contribution >= 4 is 0 Å². The van der Waals surface area contributed by atoms with E-state index in [9.17, 15) is 13.2 Å². The Labute approximate surface area is 58.4 Å². The SMILES string of the molecule is FCC1CCCC(F)(F)C1. The Kier molecular flexibility index (Phi) is 2.21. The molecule has 0 amide bonds. The molecule has 0 saturated heterocycles. The summed E-state index contributed by atoms with van der Waals surface area (Å²) in [4.78, 5) is 0. The van der Waals surface area contributed by atoms with Gasteiger partial charge in [-0.15, -0.1) is 0 Å². The van der Waals surface area contributed by atoms with E-state index in [1.807, 2.05) is 0 Å². The molecule has 1 rings (SSSR count). The lowest BCUT2D eigenvalue weighted by atomic mass is 9.87. The van der Waals surface area contributed by atoms with Gasteiger partial charge in [-0.25, -0.2) is 8.78 Å². The maximum atomic E-state index is 12.5. The van der Waals surface area contributed by atoms with Gasteiger partial charge < -0.3 is 0 Å². The zero-order valence-corrected chi connectivity index (χ0v) is 5.75. The van der Waals surface area contributed by atoms with E-state index in [1.165, 1.54) is 0 Å². The van der Waals surface area contributed by atoms with Crippen molar-refractivity contribution in [1.82, 2.24) is 0 Å². The Hall–Kier alpha value is -0.210. The molecular formula is C7H11F3. The largest absolute Gasteiger partial charge is 0.251 e. The summed E-state index contributed by atoms with van der Waals surface area (Å²) in [6.07, 6.45) is 0.806. The van der Waals surface area contributed by atoms with Crippen LogP contribution in [-0.4, -0.2) is 12.6 Å². The normalized spacial score (nSPS) is 32.1. The van der Waals surface area contributed by atoms with Crippen LogP contribution in [0.5, 0.6) is 0 Å². The van der Waals surface area contributed by atoms with Crippen LogP contribution in [0.15, 0.2) is 0 Å². The molecule has 0 nitrogen and oxygen atoms in total. The van der Waals surface area contributed by atoms with Gasteiger partial charge in [0, 0.05) is 12.8 Å². The van der Waals surface area contributed by atoms with Crippen molar-refractivity contribution in [2.75, 3.05) is 6.67 Å². The Balaban J connectivity index is 2.40. The third-order valence-electron chi connectivity index (χ3n) is 1.96. The summed E-state index contributed by atoms with van der Waals surface area (Å²) in [5.74, 6) is -2.97. The highest BCUT2D eigenvalue weighted by atomic mass is 19.3. The van der Waals surface area contributed by atoms with Crippen LogP contribution in [0.25, 0.3) is 0 Å². The van der Waals surface area contributed by atoms with Gasteiger partial charge in [-0.3, -0.25) is 4.39 Å². The topological polar surface area (TPSA) is 0 Å². The number of alkyl halides is 3. The minimum Gasteiger partial charge on any atom is -0.251 e. The van der Waals surface area contributed by atoms with Crippen LogP contribution in [0, 0.1) is 5.92 Å². The van der Waals surface area contributed by atoms with Gasteiger partial charge in [-0.1, -0.05) is 0 Å². The second kappa shape index (κ2) is 2.81. The van der Waals surface area contributed by atoms with Crippen LogP contribution in [0.4, 0.5) is 13.2 Å². The van der Waals surface area contributed by atoms with Crippen molar-refractivity contribution in [1.29, 1.82) is 0 Å². The Morgan fingerprint density at radius 2 is 2.10 bits per heavy atom. The molecule has 0 aliphatic heterocycles. The van der Waals surface area contributed by atoms with Gasteiger partial charge in [-0.2, -0.15) is 0 Å². The average molecular weight is 152 g/mol. The molecule has 3 heteroatoms. The highest BCUT2D eigenvalue weighted by Gasteiger charge is 2.35. The Morgan fingerprint density at radius 3 is 2.50 bits per heavy atom.